The summed E-state index contributed by atoms with van der Waals surface area (Å²) in [6.07, 6.45) is 3.17. The van der Waals surface area contributed by atoms with E-state index in [4.69, 9.17) is 4.43 Å². The third-order valence-electron chi connectivity index (χ3n) is 1.43. The van der Waals surface area contributed by atoms with Gasteiger partial charge in [0, 0.05) is 12.3 Å². The van der Waals surface area contributed by atoms with Crippen molar-refractivity contribution in [2.45, 2.75) is 46.5 Å². The van der Waals surface area contributed by atoms with Crippen molar-refractivity contribution in [3.8, 4) is 0 Å². The summed E-state index contributed by atoms with van der Waals surface area (Å²) in [4.78, 5) is 0. The fourth-order valence-electron chi connectivity index (χ4n) is 0.553. The van der Waals surface area contributed by atoms with Crippen molar-refractivity contribution in [2.75, 3.05) is 6.23 Å². The van der Waals surface area contributed by atoms with Crippen LogP contribution in [0.5, 0.6) is 0 Å². The van der Waals surface area contributed by atoms with E-state index < -0.39 is 9.04 Å². The van der Waals surface area contributed by atoms with E-state index >= 15 is 0 Å². The van der Waals surface area contributed by atoms with Crippen LogP contribution in [0.1, 0.15) is 7.43 Å². The zero-order valence-corrected chi connectivity index (χ0v) is 13.8. The van der Waals surface area contributed by atoms with Crippen molar-refractivity contribution in [1.82, 2.24) is 0 Å². The Bertz CT molecular complexity index is 130. The van der Waals surface area contributed by atoms with Crippen LogP contribution in [0.2, 0.25) is 39.1 Å². The van der Waals surface area contributed by atoms with Gasteiger partial charge in [-0.05, 0) is 13.8 Å². The van der Waals surface area contributed by atoms with Crippen molar-refractivity contribution in [3.63, 3.8) is 0 Å². The Kier molecular flexibility index (Phi) is 23.8. The van der Waals surface area contributed by atoms with Gasteiger partial charge in [0.15, 0.2) is 0 Å². The van der Waals surface area contributed by atoms with Gasteiger partial charge in [-0.15, -0.1) is 6.58 Å². The topological polar surface area (TPSA) is 9.23 Å². The maximum atomic E-state index is 5.48. The summed E-state index contributed by atoms with van der Waals surface area (Å²) < 4.78 is 5.48. The number of hydrogen-bond donors (Lipinski definition) is 0. The molecule has 0 aromatic heterocycles. The Balaban J connectivity index is -0.000000214. The monoisotopic (exact) mass is 270 g/mol. The highest BCUT2D eigenvalue weighted by Gasteiger charge is 2.01. The lowest BCUT2D eigenvalue weighted by atomic mass is 9.79. The molecule has 0 amide bonds. The minimum atomic E-state index is -0.635. The van der Waals surface area contributed by atoms with E-state index in [9.17, 15) is 0 Å². The molecule has 0 saturated carbocycles. The predicted octanol–water partition coefficient (Wildman–Crippen LogP) is 3.35. The molecule has 92 valence electrons. The van der Waals surface area contributed by atoms with Gasteiger partial charge >= 0.3 is 0 Å². The molecule has 1 nitrogen and oxygen atoms in total. The molecule has 0 saturated heterocycles. The first kappa shape index (κ1) is 21.6. The van der Waals surface area contributed by atoms with Gasteiger partial charge in [-0.3, -0.25) is 0 Å². The molecule has 0 aliphatic rings. The molecule has 0 aromatic carbocycles. The van der Waals surface area contributed by atoms with Crippen LogP contribution in [0.15, 0.2) is 12.3 Å². The van der Waals surface area contributed by atoms with Gasteiger partial charge in [0.05, 0.1) is 18.3 Å². The van der Waals surface area contributed by atoms with E-state index in [-0.39, 0.29) is 16.2 Å². The average Bonchev–Trinajstić information content (AvgIpc) is 2.23. The standard InChI is InChI=1S/C6H14OSi2.C4H9BSi.CH4/c1-5-9(4)7-6-8(2)3;1-5-3-4-6-2;/h5H,1,6H2,2-4H3;3H,4H2,1-2H3;1H4. The van der Waals surface area contributed by atoms with Crippen LogP contribution < -0.4 is 0 Å². The lowest BCUT2D eigenvalue weighted by Gasteiger charge is -2.06. The minimum absolute atomic E-state index is 0. The van der Waals surface area contributed by atoms with Crippen LogP contribution >= 0.6 is 0 Å². The highest BCUT2D eigenvalue weighted by molar-refractivity contribution is 6.60. The summed E-state index contributed by atoms with van der Waals surface area (Å²) in [5.41, 5.74) is 1.93. The van der Waals surface area contributed by atoms with Crippen LogP contribution in [-0.4, -0.2) is 40.9 Å². The maximum absolute atomic E-state index is 5.48. The number of hydrogen-bond acceptors (Lipinski definition) is 1. The molecular formula is C11H27BOSi3. The molecule has 6 radical (unpaired) electrons. The first-order valence-electron chi connectivity index (χ1n) is 5.22. The van der Waals surface area contributed by atoms with Crippen LogP contribution in [-0.2, 0) is 4.43 Å². The van der Waals surface area contributed by atoms with Crippen molar-refractivity contribution in [2.24, 2.45) is 0 Å². The van der Waals surface area contributed by atoms with Crippen LogP contribution in [0.25, 0.3) is 0 Å². The van der Waals surface area contributed by atoms with Gasteiger partial charge in [0.25, 0.3) is 0 Å². The van der Waals surface area contributed by atoms with Crippen molar-refractivity contribution in [1.29, 1.82) is 0 Å². The molecule has 5 heteroatoms. The normalized spacial score (nSPS) is 9.19. The largest absolute Gasteiger partial charge is 0.416 e. The van der Waals surface area contributed by atoms with Gasteiger partial charge in [-0.1, -0.05) is 32.8 Å². The quantitative estimate of drug-likeness (QED) is 0.391. The Morgan fingerprint density at radius 1 is 1.44 bits per heavy atom. The van der Waals surface area contributed by atoms with Gasteiger partial charge in [0.1, 0.15) is 0 Å². The SMILES string of the molecule is C.C=C[Si](C)OC[Si](C)C.C[B-][CH+]C[Si]C. The summed E-state index contributed by atoms with van der Waals surface area (Å²) in [6.45, 7) is 14.6. The molecule has 0 fully saturated rings. The first-order valence-corrected chi connectivity index (χ1v) is 11.6. The van der Waals surface area contributed by atoms with Gasteiger partial charge < -0.3 is 4.43 Å². The molecule has 0 unspecified atom stereocenters. The highest BCUT2D eigenvalue weighted by Crippen LogP contribution is 1.88. The van der Waals surface area contributed by atoms with Crippen LogP contribution in [0.3, 0.4) is 0 Å². The van der Waals surface area contributed by atoms with E-state index in [1.807, 2.05) is 5.70 Å². The second-order valence-corrected chi connectivity index (χ2v) is 9.17. The van der Waals surface area contributed by atoms with E-state index in [1.54, 1.807) is 0 Å². The lowest BCUT2D eigenvalue weighted by molar-refractivity contribution is 0.398. The summed E-state index contributed by atoms with van der Waals surface area (Å²) in [5.74, 6) is 0. The zero-order valence-electron chi connectivity index (χ0n) is 10.8. The first-order chi connectivity index (χ1) is 7.08. The van der Waals surface area contributed by atoms with Crippen molar-refractivity contribution < 1.29 is 4.43 Å². The van der Waals surface area contributed by atoms with E-state index in [1.165, 1.54) is 6.04 Å². The minimum Gasteiger partial charge on any atom is -0.416 e. The molecule has 16 heavy (non-hydrogen) atoms. The van der Waals surface area contributed by atoms with Gasteiger partial charge in [0.2, 0.25) is 9.04 Å². The maximum Gasteiger partial charge on any atom is 0.234 e. The van der Waals surface area contributed by atoms with Crippen molar-refractivity contribution >= 4 is 34.6 Å². The summed E-state index contributed by atoms with van der Waals surface area (Å²) >= 11 is 0. The van der Waals surface area contributed by atoms with Crippen LogP contribution in [0.4, 0.5) is 0 Å². The predicted molar refractivity (Wildman–Crippen MR) is 84.3 cm³/mol. The fourth-order valence-corrected chi connectivity index (χ4v) is 3.21. The Hall–Kier alpha value is 0.286. The molecule has 0 atom stereocenters. The molecule has 0 heterocycles. The van der Waals surface area contributed by atoms with Crippen LogP contribution in [0, 0.1) is 6.32 Å². The molecule has 0 aliphatic heterocycles. The summed E-state index contributed by atoms with van der Waals surface area (Å²) in [7, 11) is 2.35. The molecule has 0 bridgehead atoms. The molecule has 0 rings (SSSR count). The number of rotatable bonds is 7. The molecule has 0 N–H and O–H groups in total. The average molecular weight is 270 g/mol. The van der Waals surface area contributed by atoms with E-state index in [0.29, 0.717) is 0 Å². The summed E-state index contributed by atoms with van der Waals surface area (Å²) in [6, 6.07) is 1.26. The Morgan fingerprint density at radius 3 is 2.25 bits per heavy atom. The smallest absolute Gasteiger partial charge is 0.234 e. The second-order valence-electron chi connectivity index (χ2n) is 3.44. The fraction of sp³-hybridized carbons (Fsp3) is 0.727. The molecule has 0 spiro atoms. The molecular weight excluding hydrogens is 243 g/mol. The highest BCUT2D eigenvalue weighted by atomic mass is 28.3. The zero-order chi connectivity index (χ0) is 12.1. The summed E-state index contributed by atoms with van der Waals surface area (Å²) in [5, 5.41) is 0. The Labute approximate surface area is 110 Å². The molecule has 0 aliphatic carbocycles. The third-order valence-corrected chi connectivity index (χ3v) is 4.26. The molecule has 0 aromatic rings. The van der Waals surface area contributed by atoms with Gasteiger partial charge in [-0.25, -0.2) is 0 Å². The second kappa shape index (κ2) is 17.7. The third kappa shape index (κ3) is 23.8. The van der Waals surface area contributed by atoms with E-state index in [0.717, 1.165) is 15.7 Å². The lowest BCUT2D eigenvalue weighted by Crippen LogP contribution is -2.19. The van der Waals surface area contributed by atoms with Crippen molar-refractivity contribution in [3.05, 3.63) is 18.6 Å². The Morgan fingerprint density at radius 2 is 2.00 bits per heavy atom. The van der Waals surface area contributed by atoms with Gasteiger partial charge in [-0.2, -0.15) is 13.1 Å². The van der Waals surface area contributed by atoms with E-state index in [2.05, 4.69) is 53.2 Å².